The van der Waals surface area contributed by atoms with Gasteiger partial charge in [-0.1, -0.05) is 12.8 Å². The van der Waals surface area contributed by atoms with E-state index in [9.17, 15) is 9.90 Å². The molecule has 1 aliphatic carbocycles. The number of aromatic nitrogens is 2. The summed E-state index contributed by atoms with van der Waals surface area (Å²) in [6, 6.07) is 0. The summed E-state index contributed by atoms with van der Waals surface area (Å²) in [5, 5.41) is 12.3. The number of nitrogens with one attached hydrogen (secondary N) is 1. The first kappa shape index (κ1) is 12.8. The predicted octanol–water partition coefficient (Wildman–Crippen LogP) is 2.09. The van der Waals surface area contributed by atoms with Crippen molar-refractivity contribution in [2.45, 2.75) is 32.6 Å². The molecule has 1 heterocycles. The van der Waals surface area contributed by atoms with Gasteiger partial charge in [-0.15, -0.1) is 0 Å². The minimum atomic E-state index is -0.675. The Morgan fingerprint density at radius 1 is 1.39 bits per heavy atom. The van der Waals surface area contributed by atoms with E-state index in [-0.39, 0.29) is 11.8 Å². The van der Waals surface area contributed by atoms with E-state index in [1.165, 1.54) is 0 Å². The largest absolute Gasteiger partial charge is 0.481 e. The third-order valence-corrected chi connectivity index (χ3v) is 3.53. The van der Waals surface area contributed by atoms with Gasteiger partial charge in [-0.3, -0.25) is 4.79 Å². The highest BCUT2D eigenvalue weighted by Crippen LogP contribution is 2.30. The highest BCUT2D eigenvalue weighted by Gasteiger charge is 2.30. The molecule has 0 aromatic carbocycles. The lowest BCUT2D eigenvalue weighted by Crippen LogP contribution is -2.32. The number of carboxylic acid groups (broad SMARTS) is 1. The Morgan fingerprint density at radius 3 is 2.72 bits per heavy atom. The summed E-state index contributed by atoms with van der Waals surface area (Å²) in [7, 11) is 0. The number of nitrogens with zero attached hydrogens (tertiary/aromatic N) is 2. The Bertz CT molecular complexity index is 405. The first-order chi connectivity index (χ1) is 8.66. The van der Waals surface area contributed by atoms with Crippen LogP contribution in [-0.2, 0) is 4.79 Å². The number of rotatable bonds is 4. The minimum Gasteiger partial charge on any atom is -0.481 e. The Morgan fingerprint density at radius 2 is 2.06 bits per heavy atom. The van der Waals surface area contributed by atoms with E-state index in [0.29, 0.717) is 12.5 Å². The molecule has 18 heavy (non-hydrogen) atoms. The van der Waals surface area contributed by atoms with E-state index in [0.717, 1.165) is 31.2 Å². The molecule has 0 bridgehead atoms. The lowest BCUT2D eigenvalue weighted by molar-refractivity contribution is -0.144. The Balaban J connectivity index is 1.91. The molecular formula is C13H19N3O2. The third kappa shape index (κ3) is 3.18. The van der Waals surface area contributed by atoms with Gasteiger partial charge in [-0.05, 0) is 31.2 Å². The van der Waals surface area contributed by atoms with Gasteiger partial charge < -0.3 is 10.4 Å². The van der Waals surface area contributed by atoms with Gasteiger partial charge in [0.05, 0.1) is 5.92 Å². The fourth-order valence-corrected chi connectivity index (χ4v) is 2.48. The number of aryl methyl sites for hydroxylation is 1. The SMILES string of the molecule is Cc1cnc(NCC2CCCCC2C(=O)O)nc1. The molecule has 0 amide bonds. The second kappa shape index (κ2) is 5.80. The second-order valence-electron chi connectivity index (χ2n) is 4.95. The number of hydrogen-bond donors (Lipinski definition) is 2. The molecule has 0 spiro atoms. The molecule has 0 radical (unpaired) electrons. The topological polar surface area (TPSA) is 75.1 Å². The van der Waals surface area contributed by atoms with Crippen LogP contribution in [0.15, 0.2) is 12.4 Å². The van der Waals surface area contributed by atoms with Crippen LogP contribution in [0.2, 0.25) is 0 Å². The van der Waals surface area contributed by atoms with Crippen molar-refractivity contribution >= 4 is 11.9 Å². The zero-order valence-corrected chi connectivity index (χ0v) is 10.6. The van der Waals surface area contributed by atoms with Crippen LogP contribution in [0.25, 0.3) is 0 Å². The molecule has 2 N–H and O–H groups in total. The molecule has 1 saturated carbocycles. The molecule has 1 fully saturated rings. The smallest absolute Gasteiger partial charge is 0.306 e. The van der Waals surface area contributed by atoms with Gasteiger partial charge in [0.1, 0.15) is 0 Å². The quantitative estimate of drug-likeness (QED) is 0.854. The summed E-state index contributed by atoms with van der Waals surface area (Å²) in [4.78, 5) is 19.5. The van der Waals surface area contributed by atoms with Crippen LogP contribution in [0.5, 0.6) is 0 Å². The lowest BCUT2D eigenvalue weighted by atomic mass is 9.79. The van der Waals surface area contributed by atoms with Crippen LogP contribution in [0.3, 0.4) is 0 Å². The Labute approximate surface area is 107 Å². The van der Waals surface area contributed by atoms with Crippen molar-refractivity contribution in [3.63, 3.8) is 0 Å². The minimum absolute atomic E-state index is 0.182. The van der Waals surface area contributed by atoms with Crippen molar-refractivity contribution in [1.82, 2.24) is 9.97 Å². The maximum atomic E-state index is 11.2. The van der Waals surface area contributed by atoms with E-state index in [1.54, 1.807) is 12.4 Å². The summed E-state index contributed by atoms with van der Waals surface area (Å²) < 4.78 is 0. The molecule has 2 unspecified atom stereocenters. The average molecular weight is 249 g/mol. The second-order valence-corrected chi connectivity index (χ2v) is 4.95. The highest BCUT2D eigenvalue weighted by atomic mass is 16.4. The van der Waals surface area contributed by atoms with Gasteiger partial charge in [0.25, 0.3) is 0 Å². The molecule has 1 aliphatic rings. The fourth-order valence-electron chi connectivity index (χ4n) is 2.48. The monoisotopic (exact) mass is 249 g/mol. The molecule has 1 aromatic rings. The van der Waals surface area contributed by atoms with Gasteiger partial charge in [0, 0.05) is 18.9 Å². The van der Waals surface area contributed by atoms with Gasteiger partial charge in [0.2, 0.25) is 5.95 Å². The first-order valence-electron chi connectivity index (χ1n) is 6.42. The van der Waals surface area contributed by atoms with Gasteiger partial charge >= 0.3 is 5.97 Å². The van der Waals surface area contributed by atoms with E-state index in [1.807, 2.05) is 6.92 Å². The summed E-state index contributed by atoms with van der Waals surface area (Å²) in [6.45, 7) is 2.57. The summed E-state index contributed by atoms with van der Waals surface area (Å²) in [6.07, 6.45) is 7.40. The summed E-state index contributed by atoms with van der Waals surface area (Å²) in [5.74, 6) is -0.139. The van der Waals surface area contributed by atoms with Crippen LogP contribution < -0.4 is 5.32 Å². The molecule has 0 saturated heterocycles. The highest BCUT2D eigenvalue weighted by molar-refractivity contribution is 5.70. The molecular weight excluding hydrogens is 230 g/mol. The average Bonchev–Trinajstić information content (AvgIpc) is 2.38. The van der Waals surface area contributed by atoms with Crippen molar-refractivity contribution in [1.29, 1.82) is 0 Å². The predicted molar refractivity (Wildman–Crippen MR) is 68.3 cm³/mol. The van der Waals surface area contributed by atoms with Crippen LogP contribution in [0, 0.1) is 18.8 Å². The van der Waals surface area contributed by atoms with E-state index >= 15 is 0 Å². The zero-order chi connectivity index (χ0) is 13.0. The van der Waals surface area contributed by atoms with Crippen molar-refractivity contribution in [3.05, 3.63) is 18.0 Å². The zero-order valence-electron chi connectivity index (χ0n) is 10.6. The lowest BCUT2D eigenvalue weighted by Gasteiger charge is -2.28. The third-order valence-electron chi connectivity index (χ3n) is 3.53. The molecule has 98 valence electrons. The maximum Gasteiger partial charge on any atom is 0.306 e. The Kier molecular flexibility index (Phi) is 4.12. The maximum absolute atomic E-state index is 11.2. The van der Waals surface area contributed by atoms with E-state index < -0.39 is 5.97 Å². The molecule has 1 aromatic heterocycles. The van der Waals surface area contributed by atoms with Crippen LogP contribution >= 0.6 is 0 Å². The normalized spacial score (nSPS) is 23.6. The molecule has 0 aliphatic heterocycles. The number of anilines is 1. The van der Waals surface area contributed by atoms with Crippen molar-refractivity contribution < 1.29 is 9.90 Å². The number of hydrogen-bond acceptors (Lipinski definition) is 4. The standard InChI is InChI=1S/C13H19N3O2/c1-9-6-14-13(15-7-9)16-8-10-4-2-3-5-11(10)12(17)18/h6-7,10-11H,2-5,8H2,1H3,(H,17,18)(H,14,15,16). The molecule has 5 nitrogen and oxygen atoms in total. The van der Waals surface area contributed by atoms with Crippen LogP contribution in [0.1, 0.15) is 31.2 Å². The van der Waals surface area contributed by atoms with Gasteiger partial charge in [-0.25, -0.2) is 9.97 Å². The first-order valence-corrected chi connectivity index (χ1v) is 6.42. The van der Waals surface area contributed by atoms with E-state index in [2.05, 4.69) is 15.3 Å². The summed E-state index contributed by atoms with van der Waals surface area (Å²) in [5.41, 5.74) is 1.02. The number of carbonyl (C=O) groups is 1. The Hall–Kier alpha value is -1.65. The molecule has 2 atom stereocenters. The number of carboxylic acids is 1. The number of aliphatic carboxylic acids is 1. The van der Waals surface area contributed by atoms with Gasteiger partial charge in [-0.2, -0.15) is 0 Å². The summed E-state index contributed by atoms with van der Waals surface area (Å²) >= 11 is 0. The molecule has 5 heteroatoms. The van der Waals surface area contributed by atoms with Crippen LogP contribution in [-0.4, -0.2) is 27.6 Å². The van der Waals surface area contributed by atoms with Crippen LogP contribution in [0.4, 0.5) is 5.95 Å². The van der Waals surface area contributed by atoms with Gasteiger partial charge in [0.15, 0.2) is 0 Å². The van der Waals surface area contributed by atoms with E-state index in [4.69, 9.17) is 0 Å². The van der Waals surface area contributed by atoms with Crippen molar-refractivity contribution in [3.8, 4) is 0 Å². The van der Waals surface area contributed by atoms with Crippen molar-refractivity contribution in [2.75, 3.05) is 11.9 Å². The fraction of sp³-hybridized carbons (Fsp3) is 0.615. The van der Waals surface area contributed by atoms with Crippen molar-refractivity contribution in [2.24, 2.45) is 11.8 Å². The molecule has 2 rings (SSSR count).